The van der Waals surface area contributed by atoms with Crippen LogP contribution in [0.4, 0.5) is 6.01 Å². The number of piperidine rings is 1. The Bertz CT molecular complexity index is 782. The van der Waals surface area contributed by atoms with E-state index < -0.39 is 0 Å². The molecule has 7 nitrogen and oxygen atoms in total. The third-order valence-electron chi connectivity index (χ3n) is 5.25. The van der Waals surface area contributed by atoms with Crippen molar-refractivity contribution in [3.63, 3.8) is 0 Å². The van der Waals surface area contributed by atoms with Gasteiger partial charge in [0.05, 0.1) is 12.7 Å². The molecule has 1 unspecified atom stereocenters. The molecule has 4 rings (SSSR count). The van der Waals surface area contributed by atoms with Crippen LogP contribution in [0.15, 0.2) is 22.6 Å². The molecule has 2 aliphatic heterocycles. The largest absolute Gasteiger partial charge is 0.423 e. The average molecular weight is 393 g/mol. The van der Waals surface area contributed by atoms with Gasteiger partial charge in [0.25, 0.3) is 6.01 Å². The smallest absolute Gasteiger partial charge is 0.298 e. The first-order valence-corrected chi connectivity index (χ1v) is 9.98. The van der Waals surface area contributed by atoms with Crippen molar-refractivity contribution in [1.29, 1.82) is 0 Å². The molecule has 0 radical (unpaired) electrons. The molecule has 2 fully saturated rings. The number of hydrogen-bond acceptors (Lipinski definition) is 6. The number of anilines is 1. The Hall–Kier alpha value is -1.83. The molecular weight excluding hydrogens is 368 g/mol. The Balaban J connectivity index is 1.24. The van der Waals surface area contributed by atoms with E-state index in [0.717, 1.165) is 57.6 Å². The van der Waals surface area contributed by atoms with E-state index in [4.69, 9.17) is 20.8 Å². The maximum Gasteiger partial charge on any atom is 0.298 e. The molecule has 1 atom stereocenters. The fourth-order valence-corrected chi connectivity index (χ4v) is 3.82. The molecule has 146 valence electrons. The number of hydrogen-bond donors (Lipinski definition) is 2. The van der Waals surface area contributed by atoms with Crippen LogP contribution in [0.25, 0.3) is 11.1 Å². The molecule has 1 aromatic heterocycles. The predicted molar refractivity (Wildman–Crippen MR) is 104 cm³/mol. The Labute approximate surface area is 163 Å². The number of amides is 1. The minimum Gasteiger partial charge on any atom is -0.423 e. The van der Waals surface area contributed by atoms with Crippen molar-refractivity contribution >= 4 is 34.6 Å². The van der Waals surface area contributed by atoms with Crippen molar-refractivity contribution in [2.24, 2.45) is 5.92 Å². The van der Waals surface area contributed by atoms with Gasteiger partial charge in [-0.15, -0.1) is 0 Å². The van der Waals surface area contributed by atoms with Crippen molar-refractivity contribution in [2.75, 3.05) is 44.2 Å². The molecule has 2 aromatic rings. The van der Waals surface area contributed by atoms with Gasteiger partial charge in [0.2, 0.25) is 5.91 Å². The molecule has 0 spiro atoms. The fourth-order valence-electron chi connectivity index (χ4n) is 3.66. The molecule has 0 saturated carbocycles. The van der Waals surface area contributed by atoms with Crippen LogP contribution < -0.4 is 15.5 Å². The zero-order chi connectivity index (χ0) is 18.6. The van der Waals surface area contributed by atoms with Gasteiger partial charge in [-0.25, -0.2) is 0 Å². The first-order chi connectivity index (χ1) is 13.2. The number of morpholine rings is 1. The van der Waals surface area contributed by atoms with Gasteiger partial charge in [0.15, 0.2) is 5.58 Å². The fraction of sp³-hybridized carbons (Fsp3) is 0.579. The summed E-state index contributed by atoms with van der Waals surface area (Å²) in [5.74, 6) is 0.188. The Morgan fingerprint density at radius 1 is 1.37 bits per heavy atom. The summed E-state index contributed by atoms with van der Waals surface area (Å²) in [6.45, 7) is 4.71. The number of fused-ring (bicyclic) bond motifs is 1. The second-order valence-electron chi connectivity index (χ2n) is 7.15. The number of nitrogens with one attached hydrogen (secondary N) is 2. The molecule has 1 aromatic carbocycles. The predicted octanol–water partition coefficient (Wildman–Crippen LogP) is 2.19. The molecule has 0 aliphatic carbocycles. The molecular formula is C19H25ClN4O3. The third-order valence-corrected chi connectivity index (χ3v) is 5.48. The number of oxazole rings is 1. The summed E-state index contributed by atoms with van der Waals surface area (Å²) in [5.41, 5.74) is 1.49. The summed E-state index contributed by atoms with van der Waals surface area (Å²) >= 11 is 6.00. The quantitative estimate of drug-likeness (QED) is 0.812. The van der Waals surface area contributed by atoms with Crippen molar-refractivity contribution < 1.29 is 13.9 Å². The molecule has 1 amide bonds. The number of nitrogens with zero attached hydrogens (tertiary/aromatic N) is 2. The van der Waals surface area contributed by atoms with E-state index in [-0.39, 0.29) is 17.9 Å². The zero-order valence-electron chi connectivity index (χ0n) is 15.2. The standard InChI is InChI=1S/C19H25ClN4O3/c20-14-1-2-16-17(11-14)27-19(23-16)24-8-4-13(5-9-24)18(25)22-6-3-15-12-21-7-10-26-15/h1-2,11,13,15,21H,3-10,12H2,(H,22,25). The first-order valence-electron chi connectivity index (χ1n) is 9.60. The summed E-state index contributed by atoms with van der Waals surface area (Å²) in [6.07, 6.45) is 2.65. The third kappa shape index (κ3) is 4.54. The van der Waals surface area contributed by atoms with E-state index in [1.165, 1.54) is 0 Å². The van der Waals surface area contributed by atoms with E-state index in [1.807, 2.05) is 6.07 Å². The van der Waals surface area contributed by atoms with Crippen molar-refractivity contribution in [3.8, 4) is 0 Å². The van der Waals surface area contributed by atoms with Crippen LogP contribution in [0.1, 0.15) is 19.3 Å². The summed E-state index contributed by atoms with van der Waals surface area (Å²) in [6, 6.07) is 6.05. The number of halogens is 1. The normalized spacial score (nSPS) is 21.5. The summed E-state index contributed by atoms with van der Waals surface area (Å²) < 4.78 is 11.5. The molecule has 2 N–H and O–H groups in total. The SMILES string of the molecule is O=C(NCCC1CNCCO1)C1CCN(c2nc3ccc(Cl)cc3o2)CC1. The van der Waals surface area contributed by atoms with E-state index >= 15 is 0 Å². The lowest BCUT2D eigenvalue weighted by Gasteiger charge is -2.30. The minimum absolute atomic E-state index is 0.0467. The van der Waals surface area contributed by atoms with Crippen LogP contribution in [0.3, 0.4) is 0 Å². The second kappa shape index (κ2) is 8.46. The van der Waals surface area contributed by atoms with Crippen LogP contribution in [0, 0.1) is 5.92 Å². The second-order valence-corrected chi connectivity index (χ2v) is 7.58. The Morgan fingerprint density at radius 2 is 2.22 bits per heavy atom. The van der Waals surface area contributed by atoms with Crippen LogP contribution >= 0.6 is 11.6 Å². The van der Waals surface area contributed by atoms with E-state index in [0.29, 0.717) is 23.2 Å². The number of carbonyl (C=O) groups excluding carboxylic acids is 1. The monoisotopic (exact) mass is 392 g/mol. The van der Waals surface area contributed by atoms with E-state index in [2.05, 4.69) is 20.5 Å². The van der Waals surface area contributed by atoms with Crippen LogP contribution in [-0.4, -0.2) is 56.3 Å². The molecule has 2 saturated heterocycles. The van der Waals surface area contributed by atoms with E-state index in [9.17, 15) is 4.79 Å². The lowest BCUT2D eigenvalue weighted by Crippen LogP contribution is -2.43. The molecule has 27 heavy (non-hydrogen) atoms. The zero-order valence-corrected chi connectivity index (χ0v) is 16.0. The van der Waals surface area contributed by atoms with Crippen LogP contribution in [0.2, 0.25) is 5.02 Å². The number of benzene rings is 1. The van der Waals surface area contributed by atoms with Gasteiger partial charge in [0.1, 0.15) is 5.52 Å². The highest BCUT2D eigenvalue weighted by molar-refractivity contribution is 6.31. The number of ether oxygens (including phenoxy) is 1. The Morgan fingerprint density at radius 3 is 3.00 bits per heavy atom. The van der Waals surface area contributed by atoms with Crippen molar-refractivity contribution in [1.82, 2.24) is 15.6 Å². The highest BCUT2D eigenvalue weighted by Crippen LogP contribution is 2.28. The minimum atomic E-state index is 0.0467. The Kier molecular flexibility index (Phi) is 5.80. The lowest BCUT2D eigenvalue weighted by molar-refractivity contribution is -0.125. The maximum absolute atomic E-state index is 12.4. The van der Waals surface area contributed by atoms with Crippen LogP contribution in [0.5, 0.6) is 0 Å². The topological polar surface area (TPSA) is 79.6 Å². The van der Waals surface area contributed by atoms with Crippen LogP contribution in [-0.2, 0) is 9.53 Å². The number of rotatable bonds is 5. The summed E-state index contributed by atoms with van der Waals surface area (Å²) in [5, 5.41) is 7.00. The van der Waals surface area contributed by atoms with Gasteiger partial charge >= 0.3 is 0 Å². The van der Waals surface area contributed by atoms with E-state index in [1.54, 1.807) is 12.1 Å². The molecule has 3 heterocycles. The average Bonchev–Trinajstić information content (AvgIpc) is 3.12. The first kappa shape index (κ1) is 18.5. The lowest BCUT2D eigenvalue weighted by atomic mass is 9.96. The molecule has 8 heteroatoms. The number of aromatic nitrogens is 1. The van der Waals surface area contributed by atoms with Gasteiger partial charge in [-0.3, -0.25) is 4.79 Å². The van der Waals surface area contributed by atoms with Gasteiger partial charge < -0.3 is 24.7 Å². The summed E-state index contributed by atoms with van der Waals surface area (Å²) in [4.78, 5) is 19.0. The molecule has 0 bridgehead atoms. The summed E-state index contributed by atoms with van der Waals surface area (Å²) in [7, 11) is 0. The highest BCUT2D eigenvalue weighted by atomic mass is 35.5. The van der Waals surface area contributed by atoms with Gasteiger partial charge in [-0.2, -0.15) is 4.98 Å². The highest BCUT2D eigenvalue weighted by Gasteiger charge is 2.27. The van der Waals surface area contributed by atoms with Gasteiger partial charge in [0, 0.05) is 49.7 Å². The number of carbonyl (C=O) groups is 1. The van der Waals surface area contributed by atoms with Gasteiger partial charge in [-0.1, -0.05) is 11.6 Å². The van der Waals surface area contributed by atoms with Crippen molar-refractivity contribution in [3.05, 3.63) is 23.2 Å². The van der Waals surface area contributed by atoms with Gasteiger partial charge in [-0.05, 0) is 31.4 Å². The molecule has 2 aliphatic rings. The maximum atomic E-state index is 12.4. The van der Waals surface area contributed by atoms with Crippen molar-refractivity contribution in [2.45, 2.75) is 25.4 Å².